The molecule has 2 N–H and O–H groups in total. The number of carbonyl (C=O) groups excluding carboxylic acids is 1. The van der Waals surface area contributed by atoms with Crippen molar-refractivity contribution in [2.24, 2.45) is 5.92 Å². The Morgan fingerprint density at radius 1 is 1.40 bits per heavy atom. The first kappa shape index (κ1) is 14.7. The van der Waals surface area contributed by atoms with Crippen molar-refractivity contribution in [3.8, 4) is 0 Å². The van der Waals surface area contributed by atoms with E-state index in [0.29, 0.717) is 5.92 Å². The third-order valence-electron chi connectivity index (χ3n) is 3.40. The van der Waals surface area contributed by atoms with Crippen molar-refractivity contribution in [2.75, 3.05) is 18.8 Å². The zero-order chi connectivity index (χ0) is 14.8. The summed E-state index contributed by atoms with van der Waals surface area (Å²) in [6.45, 7) is 7.28. The molecule has 1 aliphatic heterocycles. The van der Waals surface area contributed by atoms with Crippen LogP contribution in [0.15, 0.2) is 24.3 Å². The van der Waals surface area contributed by atoms with Crippen LogP contribution in [0.3, 0.4) is 0 Å². The van der Waals surface area contributed by atoms with E-state index in [1.54, 1.807) is 4.90 Å². The second-order valence-electron chi connectivity index (χ2n) is 6.54. The normalized spacial score (nSPS) is 15.8. The molecule has 0 spiro atoms. The van der Waals surface area contributed by atoms with Crippen LogP contribution in [0, 0.1) is 5.92 Å². The lowest BCUT2D eigenvalue weighted by Gasteiger charge is -2.39. The van der Waals surface area contributed by atoms with Crippen molar-refractivity contribution < 1.29 is 9.53 Å². The number of nitrogens with zero attached hydrogens (tertiary/aromatic N) is 1. The molecule has 0 bridgehead atoms. The predicted molar refractivity (Wildman–Crippen MR) is 80.5 cm³/mol. The van der Waals surface area contributed by atoms with Gasteiger partial charge in [0.05, 0.1) is 0 Å². The number of carbonyl (C=O) groups is 1. The fourth-order valence-electron chi connectivity index (χ4n) is 2.35. The molecule has 1 aromatic rings. The molecule has 1 fully saturated rings. The van der Waals surface area contributed by atoms with Gasteiger partial charge in [0.2, 0.25) is 0 Å². The molecule has 0 aromatic heterocycles. The highest BCUT2D eigenvalue weighted by Crippen LogP contribution is 2.23. The van der Waals surface area contributed by atoms with E-state index in [-0.39, 0.29) is 6.09 Å². The number of nitrogens with two attached hydrogens (primary N) is 1. The minimum absolute atomic E-state index is 0.197. The van der Waals surface area contributed by atoms with E-state index in [1.807, 2.05) is 39.0 Å². The molecule has 110 valence electrons. The lowest BCUT2D eigenvalue weighted by molar-refractivity contribution is -0.00202. The molecule has 1 heterocycles. The summed E-state index contributed by atoms with van der Waals surface area (Å²) in [5.74, 6) is 0.573. The number of hydrogen-bond donors (Lipinski definition) is 1. The van der Waals surface area contributed by atoms with E-state index in [4.69, 9.17) is 10.5 Å². The summed E-state index contributed by atoms with van der Waals surface area (Å²) in [4.78, 5) is 13.6. The highest BCUT2D eigenvalue weighted by molar-refractivity contribution is 5.69. The largest absolute Gasteiger partial charge is 0.444 e. The van der Waals surface area contributed by atoms with E-state index < -0.39 is 5.60 Å². The van der Waals surface area contributed by atoms with Crippen LogP contribution < -0.4 is 5.73 Å². The van der Waals surface area contributed by atoms with Crippen LogP contribution in [-0.4, -0.2) is 29.7 Å². The Morgan fingerprint density at radius 3 is 2.70 bits per heavy atom. The number of hydrogen-bond acceptors (Lipinski definition) is 3. The number of amides is 1. The predicted octanol–water partition coefficient (Wildman–Crippen LogP) is 3.07. The Labute approximate surface area is 120 Å². The molecule has 0 unspecified atom stereocenters. The van der Waals surface area contributed by atoms with Gasteiger partial charge in [0.1, 0.15) is 5.60 Å². The number of aryl methyl sites for hydroxylation is 1. The lowest BCUT2D eigenvalue weighted by atomic mass is 9.93. The number of ether oxygens (including phenoxy) is 1. The van der Waals surface area contributed by atoms with Crippen molar-refractivity contribution >= 4 is 11.8 Å². The first-order chi connectivity index (χ1) is 9.33. The summed E-state index contributed by atoms with van der Waals surface area (Å²) in [6, 6.07) is 8.00. The second kappa shape index (κ2) is 5.73. The van der Waals surface area contributed by atoms with Crippen molar-refractivity contribution in [3.63, 3.8) is 0 Å². The molecule has 0 saturated carbocycles. The van der Waals surface area contributed by atoms with E-state index in [2.05, 4.69) is 6.07 Å². The number of rotatable bonds is 3. The summed E-state index contributed by atoms with van der Waals surface area (Å²) in [5, 5.41) is 0. The highest BCUT2D eigenvalue weighted by Gasteiger charge is 2.33. The molecular weight excluding hydrogens is 252 g/mol. The third-order valence-corrected chi connectivity index (χ3v) is 3.40. The van der Waals surface area contributed by atoms with E-state index in [0.717, 1.165) is 31.6 Å². The Bertz CT molecular complexity index is 474. The van der Waals surface area contributed by atoms with Crippen molar-refractivity contribution in [3.05, 3.63) is 29.8 Å². The van der Waals surface area contributed by atoms with Gasteiger partial charge in [-0.15, -0.1) is 0 Å². The molecule has 1 aliphatic rings. The first-order valence-corrected chi connectivity index (χ1v) is 7.16. The molecular formula is C16H24N2O2. The monoisotopic (exact) mass is 276 g/mol. The van der Waals surface area contributed by atoms with Crippen LogP contribution >= 0.6 is 0 Å². The minimum atomic E-state index is -0.413. The first-order valence-electron chi connectivity index (χ1n) is 7.16. The Balaban J connectivity index is 1.71. The van der Waals surface area contributed by atoms with Crippen molar-refractivity contribution in [1.29, 1.82) is 0 Å². The molecule has 1 aromatic carbocycles. The van der Waals surface area contributed by atoms with Crippen LogP contribution in [-0.2, 0) is 11.2 Å². The van der Waals surface area contributed by atoms with Crippen molar-refractivity contribution in [2.45, 2.75) is 39.2 Å². The molecule has 0 aliphatic carbocycles. The van der Waals surface area contributed by atoms with Crippen LogP contribution in [0.4, 0.5) is 10.5 Å². The Hall–Kier alpha value is -1.71. The fourth-order valence-corrected chi connectivity index (χ4v) is 2.35. The molecule has 20 heavy (non-hydrogen) atoms. The van der Waals surface area contributed by atoms with Gasteiger partial charge in [-0.2, -0.15) is 0 Å². The van der Waals surface area contributed by atoms with Gasteiger partial charge in [-0.1, -0.05) is 12.1 Å². The summed E-state index contributed by atoms with van der Waals surface area (Å²) in [5.41, 5.74) is 7.43. The van der Waals surface area contributed by atoms with Gasteiger partial charge in [0.15, 0.2) is 0 Å². The molecule has 0 atom stereocenters. The van der Waals surface area contributed by atoms with Gasteiger partial charge < -0.3 is 15.4 Å². The maximum absolute atomic E-state index is 11.8. The van der Waals surface area contributed by atoms with Gasteiger partial charge >= 0.3 is 6.09 Å². The quantitative estimate of drug-likeness (QED) is 0.863. The van der Waals surface area contributed by atoms with Crippen LogP contribution in [0.1, 0.15) is 32.8 Å². The van der Waals surface area contributed by atoms with Gasteiger partial charge in [0.25, 0.3) is 0 Å². The Morgan fingerprint density at radius 2 is 2.10 bits per heavy atom. The molecule has 2 rings (SSSR count). The smallest absolute Gasteiger partial charge is 0.410 e. The SMILES string of the molecule is CC(C)(C)OC(=O)N1CC(CCc2cccc(N)c2)C1. The molecule has 4 nitrogen and oxygen atoms in total. The van der Waals surface area contributed by atoms with Crippen molar-refractivity contribution in [1.82, 2.24) is 4.90 Å². The molecule has 0 radical (unpaired) electrons. The summed E-state index contributed by atoms with van der Waals surface area (Å²) < 4.78 is 5.34. The van der Waals surface area contributed by atoms with E-state index in [1.165, 1.54) is 5.56 Å². The summed E-state index contributed by atoms with van der Waals surface area (Å²) >= 11 is 0. The third kappa shape index (κ3) is 4.15. The average Bonchev–Trinajstić information content (AvgIpc) is 2.24. The van der Waals surface area contributed by atoms with Gasteiger partial charge in [0, 0.05) is 18.8 Å². The van der Waals surface area contributed by atoms with Crippen LogP contribution in [0.5, 0.6) is 0 Å². The number of anilines is 1. The average molecular weight is 276 g/mol. The van der Waals surface area contributed by atoms with Gasteiger partial charge in [-0.25, -0.2) is 4.79 Å². The maximum Gasteiger partial charge on any atom is 0.410 e. The van der Waals surface area contributed by atoms with Crippen LogP contribution in [0.25, 0.3) is 0 Å². The Kier molecular flexibility index (Phi) is 4.21. The summed E-state index contributed by atoms with van der Waals surface area (Å²) in [7, 11) is 0. The van der Waals surface area contributed by atoms with Crippen LogP contribution in [0.2, 0.25) is 0 Å². The fraction of sp³-hybridized carbons (Fsp3) is 0.562. The number of benzene rings is 1. The zero-order valence-electron chi connectivity index (χ0n) is 12.6. The number of nitrogen functional groups attached to an aromatic ring is 1. The van der Waals surface area contributed by atoms with Gasteiger partial charge in [-0.05, 0) is 57.2 Å². The minimum Gasteiger partial charge on any atom is -0.444 e. The zero-order valence-corrected chi connectivity index (χ0v) is 12.6. The standard InChI is InChI=1S/C16H24N2O2/c1-16(2,3)20-15(19)18-10-13(11-18)8-7-12-5-4-6-14(17)9-12/h4-6,9,13H,7-8,10-11,17H2,1-3H3. The second-order valence-corrected chi connectivity index (χ2v) is 6.54. The summed E-state index contributed by atoms with van der Waals surface area (Å²) in [6.07, 6.45) is 1.90. The highest BCUT2D eigenvalue weighted by atomic mass is 16.6. The lowest BCUT2D eigenvalue weighted by Crippen LogP contribution is -2.51. The maximum atomic E-state index is 11.8. The van der Waals surface area contributed by atoms with E-state index >= 15 is 0 Å². The number of likely N-dealkylation sites (tertiary alicyclic amines) is 1. The van der Waals surface area contributed by atoms with Gasteiger partial charge in [-0.3, -0.25) is 0 Å². The molecule has 1 saturated heterocycles. The molecule has 1 amide bonds. The molecule has 4 heteroatoms. The topological polar surface area (TPSA) is 55.6 Å². The van der Waals surface area contributed by atoms with E-state index in [9.17, 15) is 4.79 Å².